The van der Waals surface area contributed by atoms with Crippen LogP contribution < -0.4 is 5.32 Å². The lowest BCUT2D eigenvalue weighted by atomic mass is 10.3. The molecule has 0 aliphatic rings. The second-order valence-corrected chi connectivity index (χ2v) is 4.24. The number of hydrogen-bond donors (Lipinski definition) is 2. The van der Waals surface area contributed by atoms with E-state index in [0.717, 1.165) is 6.42 Å². The maximum atomic E-state index is 11.1. The summed E-state index contributed by atoms with van der Waals surface area (Å²) in [6.07, 6.45) is 0.807. The molecule has 0 radical (unpaired) electrons. The van der Waals surface area contributed by atoms with Gasteiger partial charge in [0, 0.05) is 13.7 Å². The third-order valence-corrected chi connectivity index (χ3v) is 2.64. The van der Waals surface area contributed by atoms with E-state index in [1.807, 2.05) is 6.92 Å². The molecule has 1 atom stereocenters. The van der Waals surface area contributed by atoms with Crippen molar-refractivity contribution in [3.63, 3.8) is 0 Å². The molecule has 1 aromatic heterocycles. The van der Waals surface area contributed by atoms with Crippen LogP contribution in [0.1, 0.15) is 19.0 Å². The first-order valence-corrected chi connectivity index (χ1v) is 6.13. The predicted octanol–water partition coefficient (Wildman–Crippen LogP) is 0.929. The summed E-state index contributed by atoms with van der Waals surface area (Å²) in [5.74, 6) is 0.320. The first-order chi connectivity index (χ1) is 9.04. The highest BCUT2D eigenvalue weighted by molar-refractivity contribution is 5.60. The molecule has 0 aromatic carbocycles. The van der Waals surface area contributed by atoms with Crippen molar-refractivity contribution in [3.05, 3.63) is 15.8 Å². The molecule has 0 bridgehead atoms. The van der Waals surface area contributed by atoms with Crippen molar-refractivity contribution in [1.29, 1.82) is 0 Å². The van der Waals surface area contributed by atoms with Gasteiger partial charge in [0.2, 0.25) is 5.82 Å². The van der Waals surface area contributed by atoms with Crippen molar-refractivity contribution in [2.24, 2.45) is 0 Å². The van der Waals surface area contributed by atoms with E-state index < -0.39 is 11.0 Å². The van der Waals surface area contributed by atoms with Crippen molar-refractivity contribution in [3.8, 4) is 0 Å². The largest absolute Gasteiger partial charge is 0.394 e. The van der Waals surface area contributed by atoms with Gasteiger partial charge in [-0.1, -0.05) is 6.92 Å². The van der Waals surface area contributed by atoms with Gasteiger partial charge in [-0.15, -0.1) is 0 Å². The molecule has 0 saturated carbocycles. The molecule has 0 fully saturated rings. The third kappa shape index (κ3) is 3.65. The predicted molar refractivity (Wildman–Crippen MR) is 70.3 cm³/mol. The lowest BCUT2D eigenvalue weighted by Crippen LogP contribution is -2.30. The molecule has 0 amide bonds. The number of methoxy groups -OCH3 is 1. The minimum absolute atomic E-state index is 0.0528. The lowest BCUT2D eigenvalue weighted by Gasteiger charge is -2.16. The van der Waals surface area contributed by atoms with Gasteiger partial charge in [-0.05, 0) is 13.3 Å². The van der Waals surface area contributed by atoms with Crippen LogP contribution in [0.2, 0.25) is 0 Å². The fraction of sp³-hybridized carbons (Fsp3) is 0.727. The number of nitrogens with zero attached hydrogens (tertiary/aromatic N) is 3. The Kier molecular flexibility index (Phi) is 5.71. The van der Waals surface area contributed by atoms with Crippen LogP contribution in [0.25, 0.3) is 0 Å². The molecule has 8 nitrogen and oxygen atoms in total. The zero-order valence-electron chi connectivity index (χ0n) is 11.4. The summed E-state index contributed by atoms with van der Waals surface area (Å²) >= 11 is 0. The van der Waals surface area contributed by atoms with Gasteiger partial charge in [0.15, 0.2) is 0 Å². The van der Waals surface area contributed by atoms with E-state index in [1.165, 1.54) is 7.11 Å². The van der Waals surface area contributed by atoms with Crippen molar-refractivity contribution in [1.82, 2.24) is 9.78 Å². The number of nitro groups is 1. The lowest BCUT2D eigenvalue weighted by molar-refractivity contribution is -0.384. The Hall–Kier alpha value is -1.67. The number of anilines is 1. The molecule has 0 spiro atoms. The molecular formula is C11H20N4O4. The van der Waals surface area contributed by atoms with Crippen molar-refractivity contribution >= 4 is 11.5 Å². The number of aryl methyl sites for hydroxylation is 2. The SMILES string of the molecule is CCCn1nc(C)c([N+](=O)[O-])c1NC(CO)COC. The molecule has 1 unspecified atom stereocenters. The summed E-state index contributed by atoms with van der Waals surface area (Å²) < 4.78 is 6.51. The molecule has 8 heteroatoms. The van der Waals surface area contributed by atoms with E-state index in [2.05, 4.69) is 10.4 Å². The molecule has 19 heavy (non-hydrogen) atoms. The van der Waals surface area contributed by atoms with Gasteiger partial charge >= 0.3 is 5.69 Å². The molecule has 0 aliphatic heterocycles. The second-order valence-electron chi connectivity index (χ2n) is 4.24. The minimum atomic E-state index is -0.460. The van der Waals surface area contributed by atoms with Gasteiger partial charge < -0.3 is 15.2 Å². The molecule has 108 valence electrons. The number of nitrogens with one attached hydrogen (secondary N) is 1. The van der Waals surface area contributed by atoms with Crippen LogP contribution >= 0.6 is 0 Å². The first kappa shape index (κ1) is 15.4. The monoisotopic (exact) mass is 272 g/mol. The van der Waals surface area contributed by atoms with E-state index in [-0.39, 0.29) is 18.9 Å². The van der Waals surface area contributed by atoms with Crippen molar-refractivity contribution in [2.75, 3.05) is 25.6 Å². The van der Waals surface area contributed by atoms with Crippen LogP contribution in [0.4, 0.5) is 11.5 Å². The summed E-state index contributed by atoms with van der Waals surface area (Å²) in [5.41, 5.74) is 0.304. The normalized spacial score (nSPS) is 12.4. The summed E-state index contributed by atoms with van der Waals surface area (Å²) in [7, 11) is 1.51. The first-order valence-electron chi connectivity index (χ1n) is 6.13. The van der Waals surface area contributed by atoms with Crippen LogP contribution in [-0.2, 0) is 11.3 Å². The quantitative estimate of drug-likeness (QED) is 0.539. The average Bonchev–Trinajstić information content (AvgIpc) is 2.65. The van der Waals surface area contributed by atoms with Crippen molar-refractivity contribution < 1.29 is 14.8 Å². The number of ether oxygens (including phenoxy) is 1. The Morgan fingerprint density at radius 2 is 2.32 bits per heavy atom. The van der Waals surface area contributed by atoms with E-state index in [1.54, 1.807) is 11.6 Å². The highest BCUT2D eigenvalue weighted by Gasteiger charge is 2.26. The van der Waals surface area contributed by atoms with E-state index in [0.29, 0.717) is 18.1 Å². The van der Waals surface area contributed by atoms with Crippen molar-refractivity contribution in [2.45, 2.75) is 32.9 Å². The van der Waals surface area contributed by atoms with Crippen LogP contribution in [0.5, 0.6) is 0 Å². The average molecular weight is 272 g/mol. The Balaban J connectivity index is 3.09. The molecule has 2 N–H and O–H groups in total. The van der Waals surface area contributed by atoms with Crippen LogP contribution in [0, 0.1) is 17.0 Å². The fourth-order valence-corrected chi connectivity index (χ4v) is 1.84. The summed E-state index contributed by atoms with van der Waals surface area (Å²) in [4.78, 5) is 10.6. The number of aliphatic hydroxyl groups is 1. The molecular weight excluding hydrogens is 252 g/mol. The van der Waals surface area contributed by atoms with Gasteiger partial charge in [0.25, 0.3) is 0 Å². The van der Waals surface area contributed by atoms with Gasteiger partial charge in [0.05, 0.1) is 24.2 Å². The Morgan fingerprint density at radius 1 is 1.63 bits per heavy atom. The molecule has 0 saturated heterocycles. The Labute approximate surface area is 111 Å². The van der Waals surface area contributed by atoms with Gasteiger partial charge in [-0.25, -0.2) is 4.68 Å². The zero-order chi connectivity index (χ0) is 14.4. The van der Waals surface area contributed by atoms with Crippen LogP contribution in [0.15, 0.2) is 0 Å². The zero-order valence-corrected chi connectivity index (χ0v) is 11.4. The highest BCUT2D eigenvalue weighted by atomic mass is 16.6. The summed E-state index contributed by atoms with van der Waals surface area (Å²) in [6, 6.07) is -0.407. The topological polar surface area (TPSA) is 102 Å². The van der Waals surface area contributed by atoms with Gasteiger partial charge in [0.1, 0.15) is 5.69 Å². The molecule has 1 heterocycles. The number of hydrogen-bond acceptors (Lipinski definition) is 6. The summed E-state index contributed by atoms with van der Waals surface area (Å²) in [6.45, 7) is 4.21. The number of rotatable bonds is 8. The van der Waals surface area contributed by atoms with Gasteiger partial charge in [-0.3, -0.25) is 10.1 Å². The number of aromatic nitrogens is 2. The minimum Gasteiger partial charge on any atom is -0.394 e. The number of aliphatic hydroxyl groups excluding tert-OH is 1. The smallest absolute Gasteiger partial charge is 0.333 e. The molecule has 1 rings (SSSR count). The standard InChI is InChI=1S/C11H20N4O4/c1-4-5-14-11(12-9(6-16)7-19-3)10(15(17)18)8(2)13-14/h9,12,16H,4-7H2,1-3H3. The maximum Gasteiger partial charge on any atom is 0.333 e. The van der Waals surface area contributed by atoms with Gasteiger partial charge in [-0.2, -0.15) is 5.10 Å². The van der Waals surface area contributed by atoms with Crippen LogP contribution in [-0.4, -0.2) is 46.2 Å². The molecule has 0 aliphatic carbocycles. The van der Waals surface area contributed by atoms with E-state index in [4.69, 9.17) is 4.74 Å². The fourth-order valence-electron chi connectivity index (χ4n) is 1.84. The Bertz CT molecular complexity index is 433. The Morgan fingerprint density at radius 3 is 2.79 bits per heavy atom. The summed E-state index contributed by atoms with van der Waals surface area (Å²) in [5, 5.41) is 27.4. The highest BCUT2D eigenvalue weighted by Crippen LogP contribution is 2.28. The van der Waals surface area contributed by atoms with Crippen LogP contribution in [0.3, 0.4) is 0 Å². The maximum absolute atomic E-state index is 11.1. The van der Waals surface area contributed by atoms with E-state index >= 15 is 0 Å². The molecule has 1 aromatic rings. The third-order valence-electron chi connectivity index (χ3n) is 2.64. The second kappa shape index (κ2) is 7.05. The van der Waals surface area contributed by atoms with E-state index in [9.17, 15) is 15.2 Å².